The van der Waals surface area contributed by atoms with Crippen molar-refractivity contribution in [3.63, 3.8) is 0 Å². The minimum absolute atomic E-state index is 0.113. The van der Waals surface area contributed by atoms with Crippen LogP contribution in [0.5, 0.6) is 0 Å². The Morgan fingerprint density at radius 1 is 0.705 bits per heavy atom. The van der Waals surface area contributed by atoms with Crippen molar-refractivity contribution in [3.05, 3.63) is 84.7 Å². The van der Waals surface area contributed by atoms with Gasteiger partial charge in [0.15, 0.2) is 0 Å². The molecule has 2 aliphatic rings. The highest BCUT2D eigenvalue weighted by Crippen LogP contribution is 2.39. The summed E-state index contributed by atoms with van der Waals surface area (Å²) in [5, 5.41) is 7.56. The zero-order valence-corrected chi connectivity index (χ0v) is 37.1. The second kappa shape index (κ2) is 17.9. The lowest BCUT2D eigenvalue weighted by molar-refractivity contribution is -0.137. The van der Waals surface area contributed by atoms with Crippen LogP contribution in [0.2, 0.25) is 19.1 Å². The van der Waals surface area contributed by atoms with Crippen LogP contribution in [0.15, 0.2) is 73.1 Å². The van der Waals surface area contributed by atoms with Gasteiger partial charge in [-0.3, -0.25) is 9.59 Å². The van der Waals surface area contributed by atoms with Crippen LogP contribution < -0.4 is 10.6 Å². The van der Waals surface area contributed by atoms with E-state index in [1.54, 1.807) is 18.0 Å². The summed E-state index contributed by atoms with van der Waals surface area (Å²) < 4.78 is 15.0. The molecule has 2 aliphatic heterocycles. The van der Waals surface area contributed by atoms with E-state index in [0.717, 1.165) is 69.1 Å². The highest BCUT2D eigenvalue weighted by Gasteiger charge is 2.46. The van der Waals surface area contributed by atoms with E-state index in [1.165, 1.54) is 21.3 Å². The zero-order valence-electron chi connectivity index (χ0n) is 36.1. The minimum Gasteiger partial charge on any atom is -0.453 e. The first-order chi connectivity index (χ1) is 29.2. The van der Waals surface area contributed by atoms with Gasteiger partial charge in [0.1, 0.15) is 23.7 Å². The Kier molecular flexibility index (Phi) is 12.7. The fourth-order valence-electron chi connectivity index (χ4n) is 8.56. The predicted molar refractivity (Wildman–Crippen MR) is 235 cm³/mol. The number of amides is 4. The molecule has 5 atom stereocenters. The first kappa shape index (κ1) is 43.1. The van der Waals surface area contributed by atoms with Crippen LogP contribution in [0.1, 0.15) is 57.3 Å². The number of carbonyl (C=O) groups is 4. The van der Waals surface area contributed by atoms with Crippen LogP contribution in [-0.4, -0.2) is 114 Å². The molecule has 0 aliphatic carbocycles. The molecule has 7 rings (SSSR count). The molecule has 4 amide bonds. The summed E-state index contributed by atoms with van der Waals surface area (Å²) in [4.78, 5) is 71.8. The number of aromatic nitrogens is 4. The van der Waals surface area contributed by atoms with E-state index >= 15 is 0 Å². The van der Waals surface area contributed by atoms with E-state index in [0.29, 0.717) is 18.5 Å². The van der Waals surface area contributed by atoms with Crippen molar-refractivity contribution in [1.29, 1.82) is 0 Å². The molecular weight excluding hydrogens is 793 g/mol. The van der Waals surface area contributed by atoms with Gasteiger partial charge in [0.05, 0.1) is 64.3 Å². The summed E-state index contributed by atoms with van der Waals surface area (Å²) >= 11 is 0. The average Bonchev–Trinajstić information content (AvgIpc) is 4.10. The Bertz CT molecular complexity index is 2390. The molecule has 4 heterocycles. The van der Waals surface area contributed by atoms with E-state index in [-0.39, 0.29) is 29.8 Å². The molecule has 0 radical (unpaired) electrons. The summed E-state index contributed by atoms with van der Waals surface area (Å²) in [5.41, 5.74) is 5.83. The number of imidazole rings is 2. The smallest absolute Gasteiger partial charge is 0.407 e. The summed E-state index contributed by atoms with van der Waals surface area (Å²) in [5.74, 6) is 0.967. The Balaban J connectivity index is 1.04. The predicted octanol–water partition coefficient (Wildman–Crippen LogP) is 7.22. The molecule has 15 nitrogen and oxygen atoms in total. The monoisotopic (exact) mass is 848 g/mol. The standard InChI is InChI=1S/C45H56N8O7Si/c1-26(2)38(50-44(56)59-5)42(54)53-25-61(7,8)24-37(53)41-47-23-35(49-41)33-18-17-31-20-30(15-16-32(31)21-33)28-11-13-29(14-12-28)34-22-46-40(48-34)36-10-9-19-52(36)43(55)39(27(3)58-4)51-45(57)60-6/h11-18,20-23,26-27,36-39H,9-10,19,24-25H2,1-8H3,(H,46,48)(H,47,49)(H,50,56)(H,51,57)/t27?,36-,37-,38-,39-/m0/s1. The third-order valence-electron chi connectivity index (χ3n) is 12.0. The molecule has 0 saturated carbocycles. The number of nitrogens with zero attached hydrogens (tertiary/aromatic N) is 4. The summed E-state index contributed by atoms with van der Waals surface area (Å²) in [6.45, 7) is 10.7. The largest absolute Gasteiger partial charge is 0.453 e. The molecule has 16 heteroatoms. The van der Waals surface area contributed by atoms with Crippen LogP contribution in [0.3, 0.4) is 0 Å². The van der Waals surface area contributed by atoms with Crippen LogP contribution in [0.25, 0.3) is 44.4 Å². The first-order valence-electron chi connectivity index (χ1n) is 20.8. The van der Waals surface area contributed by atoms with Crippen LogP contribution in [-0.2, 0) is 23.8 Å². The molecule has 322 valence electrons. The van der Waals surface area contributed by atoms with Gasteiger partial charge in [0, 0.05) is 25.4 Å². The summed E-state index contributed by atoms with van der Waals surface area (Å²) in [7, 11) is 2.31. The van der Waals surface area contributed by atoms with Crippen LogP contribution >= 0.6 is 0 Å². The second-order valence-electron chi connectivity index (χ2n) is 17.2. The van der Waals surface area contributed by atoms with E-state index < -0.39 is 38.4 Å². The molecule has 2 aromatic heterocycles. The number of hydrogen-bond acceptors (Lipinski definition) is 9. The Morgan fingerprint density at radius 3 is 1.84 bits per heavy atom. The average molecular weight is 849 g/mol. The molecule has 61 heavy (non-hydrogen) atoms. The Hall–Kier alpha value is -6.00. The molecule has 2 saturated heterocycles. The molecule has 4 N–H and O–H groups in total. The number of benzene rings is 3. The number of alkyl carbamates (subject to hydrolysis) is 2. The van der Waals surface area contributed by atoms with Gasteiger partial charge in [0.25, 0.3) is 0 Å². The number of hydrogen-bond donors (Lipinski definition) is 4. The topological polar surface area (TPSA) is 184 Å². The normalized spacial score (nSPS) is 18.8. The number of H-pyrrole nitrogens is 2. The van der Waals surface area contributed by atoms with Gasteiger partial charge in [-0.05, 0) is 71.3 Å². The SMILES string of the molecule is COC(=O)N[C@H](C(=O)N1C[Si](C)(C)C[C@H]1c1ncc(-c2ccc3cc(-c4ccc(-c5cnc([C@@H]6CCCN6C(=O)[C@@H](NC(=O)OC)C(C)OC)[nH]5)cc4)ccc3c2)[nH]1)C(C)C. The maximum atomic E-state index is 13.9. The summed E-state index contributed by atoms with van der Waals surface area (Å²) in [6, 6.07) is 19.9. The van der Waals surface area contributed by atoms with Crippen molar-refractivity contribution in [2.24, 2.45) is 5.92 Å². The molecule has 0 spiro atoms. The fraction of sp³-hybridized carbons (Fsp3) is 0.422. The first-order valence-corrected chi connectivity index (χ1v) is 24.2. The molecule has 0 bridgehead atoms. The third kappa shape index (κ3) is 9.20. The van der Waals surface area contributed by atoms with Gasteiger partial charge < -0.3 is 44.6 Å². The van der Waals surface area contributed by atoms with Gasteiger partial charge >= 0.3 is 12.2 Å². The van der Waals surface area contributed by atoms with Gasteiger partial charge in [-0.1, -0.05) is 75.5 Å². The maximum Gasteiger partial charge on any atom is 0.407 e. The van der Waals surface area contributed by atoms with Crippen molar-refractivity contribution >= 4 is 42.8 Å². The third-order valence-corrected chi connectivity index (χ3v) is 14.7. The molecular formula is C45H56N8O7Si. The van der Waals surface area contributed by atoms with Crippen molar-refractivity contribution in [1.82, 2.24) is 40.4 Å². The zero-order chi connectivity index (χ0) is 43.6. The van der Waals surface area contributed by atoms with Crippen LogP contribution in [0, 0.1) is 5.92 Å². The number of nitrogens with one attached hydrogen (secondary N) is 4. The Morgan fingerprint density at radius 2 is 1.23 bits per heavy atom. The van der Waals surface area contributed by atoms with Crippen molar-refractivity contribution in [2.45, 2.75) is 83.0 Å². The van der Waals surface area contributed by atoms with Gasteiger partial charge in [-0.25, -0.2) is 19.6 Å². The van der Waals surface area contributed by atoms with Crippen LogP contribution in [0.4, 0.5) is 9.59 Å². The molecule has 5 aromatic rings. The minimum atomic E-state index is -1.75. The maximum absolute atomic E-state index is 13.9. The number of carbonyl (C=O) groups excluding carboxylic acids is 4. The van der Waals surface area contributed by atoms with E-state index in [2.05, 4.69) is 99.3 Å². The van der Waals surface area contributed by atoms with E-state index in [9.17, 15) is 19.2 Å². The van der Waals surface area contributed by atoms with E-state index in [1.807, 2.05) is 24.9 Å². The number of fused-ring (bicyclic) bond motifs is 1. The highest BCUT2D eigenvalue weighted by atomic mass is 28.3. The molecule has 2 fully saturated rings. The number of rotatable bonds is 12. The number of likely N-dealkylation sites (tertiary alicyclic amines) is 1. The van der Waals surface area contributed by atoms with Gasteiger partial charge in [-0.15, -0.1) is 0 Å². The van der Waals surface area contributed by atoms with Gasteiger partial charge in [-0.2, -0.15) is 0 Å². The summed E-state index contributed by atoms with van der Waals surface area (Å²) in [6.07, 6.45) is 4.01. The lowest BCUT2D eigenvalue weighted by atomic mass is 9.98. The van der Waals surface area contributed by atoms with Gasteiger partial charge in [0.2, 0.25) is 11.8 Å². The lowest BCUT2D eigenvalue weighted by Gasteiger charge is -2.30. The van der Waals surface area contributed by atoms with Crippen molar-refractivity contribution in [2.75, 3.05) is 34.0 Å². The quantitative estimate of drug-likeness (QED) is 0.0942. The molecule has 1 unspecified atom stereocenters. The van der Waals surface area contributed by atoms with Crippen molar-refractivity contribution in [3.8, 4) is 33.6 Å². The highest BCUT2D eigenvalue weighted by molar-refractivity contribution is 6.78. The fourth-order valence-corrected chi connectivity index (χ4v) is 11.4. The number of aromatic amines is 2. The second-order valence-corrected chi connectivity index (χ2v) is 22.2. The van der Waals surface area contributed by atoms with E-state index in [4.69, 9.17) is 19.2 Å². The number of methoxy groups -OCH3 is 3. The molecule has 3 aromatic carbocycles. The lowest BCUT2D eigenvalue weighted by Crippen LogP contribution is -2.54. The van der Waals surface area contributed by atoms with Crippen molar-refractivity contribution < 1.29 is 33.4 Å². The number of ether oxygens (including phenoxy) is 3. The Labute approximate surface area is 357 Å².